The predicted molar refractivity (Wildman–Crippen MR) is 128 cm³/mol. The fraction of sp³-hybridized carbons (Fsp3) is 0.667. The lowest BCUT2D eigenvalue weighted by atomic mass is 10.1. The first-order valence-electron chi connectivity index (χ1n) is 12.5. The molecule has 174 valence electrons. The zero-order valence-corrected chi connectivity index (χ0v) is 19.6. The first kappa shape index (κ1) is 25.4. The third-order valence-electron chi connectivity index (χ3n) is 5.92. The van der Waals surface area contributed by atoms with Crippen molar-refractivity contribution in [3.8, 4) is 5.75 Å². The van der Waals surface area contributed by atoms with E-state index in [9.17, 15) is 9.18 Å². The zero-order valence-electron chi connectivity index (χ0n) is 19.6. The molecule has 0 aliphatic heterocycles. The van der Waals surface area contributed by atoms with E-state index in [1.807, 2.05) is 0 Å². The standard InChI is InChI=1S/C27H41FO3/c1-3-5-7-9-11-13-15-17-23-21-22-18-19-24(26(28)25(22)27(29)31-23)30-20-16-14-12-10-8-6-4-2/h18-19,21H,3-17,20H2,1-2H3. The second-order valence-electron chi connectivity index (χ2n) is 8.68. The molecule has 0 radical (unpaired) electrons. The molecule has 0 aliphatic carbocycles. The van der Waals surface area contributed by atoms with Crippen molar-refractivity contribution in [1.29, 1.82) is 0 Å². The molecule has 0 saturated heterocycles. The summed E-state index contributed by atoms with van der Waals surface area (Å²) in [7, 11) is 0. The Bertz CT molecular complexity index is 812. The van der Waals surface area contributed by atoms with Crippen LogP contribution in [0.5, 0.6) is 5.75 Å². The largest absolute Gasteiger partial charge is 0.490 e. The molecule has 1 heterocycles. The minimum Gasteiger partial charge on any atom is -0.490 e. The van der Waals surface area contributed by atoms with E-state index >= 15 is 0 Å². The highest BCUT2D eigenvalue weighted by Gasteiger charge is 2.14. The lowest BCUT2D eigenvalue weighted by molar-refractivity contribution is 0.291. The molecule has 0 atom stereocenters. The topological polar surface area (TPSA) is 39.4 Å². The third-order valence-corrected chi connectivity index (χ3v) is 5.92. The number of ether oxygens (including phenoxy) is 1. The normalized spacial score (nSPS) is 11.3. The molecular weight excluding hydrogens is 391 g/mol. The van der Waals surface area contributed by atoms with Gasteiger partial charge in [-0.05, 0) is 30.4 Å². The summed E-state index contributed by atoms with van der Waals surface area (Å²) in [5.41, 5.74) is -0.602. The van der Waals surface area contributed by atoms with Crippen molar-refractivity contribution in [2.45, 2.75) is 110 Å². The highest BCUT2D eigenvalue weighted by molar-refractivity contribution is 5.83. The molecule has 0 saturated carbocycles. The number of benzene rings is 1. The molecule has 0 spiro atoms. The van der Waals surface area contributed by atoms with Gasteiger partial charge in [0.25, 0.3) is 0 Å². The maximum absolute atomic E-state index is 14.8. The predicted octanol–water partition coefficient (Wildman–Crippen LogP) is 8.35. The molecular formula is C27H41FO3. The fourth-order valence-electron chi connectivity index (χ4n) is 4.00. The van der Waals surface area contributed by atoms with Crippen LogP contribution in [-0.2, 0) is 6.42 Å². The number of fused-ring (bicyclic) bond motifs is 1. The summed E-state index contributed by atoms with van der Waals surface area (Å²) in [5.74, 6) is 0.185. The fourth-order valence-corrected chi connectivity index (χ4v) is 4.00. The molecule has 0 unspecified atom stereocenters. The Hall–Kier alpha value is -1.84. The summed E-state index contributed by atoms with van der Waals surface area (Å²) in [6, 6.07) is 5.20. The molecule has 2 aromatic rings. The Balaban J connectivity index is 1.83. The van der Waals surface area contributed by atoms with E-state index in [0.717, 1.165) is 32.1 Å². The molecule has 1 aromatic heterocycles. The summed E-state index contributed by atoms with van der Waals surface area (Å²) in [6.45, 7) is 4.90. The van der Waals surface area contributed by atoms with Gasteiger partial charge >= 0.3 is 5.63 Å². The van der Waals surface area contributed by atoms with Crippen LogP contribution in [0.15, 0.2) is 27.4 Å². The molecule has 3 nitrogen and oxygen atoms in total. The van der Waals surface area contributed by atoms with Gasteiger partial charge in [-0.3, -0.25) is 0 Å². The van der Waals surface area contributed by atoms with Crippen LogP contribution in [-0.4, -0.2) is 6.61 Å². The quantitative estimate of drug-likeness (QED) is 0.236. The Morgan fingerprint density at radius 1 is 0.806 bits per heavy atom. The van der Waals surface area contributed by atoms with E-state index in [4.69, 9.17) is 9.15 Å². The minimum absolute atomic E-state index is 0.000353. The summed E-state index contributed by atoms with van der Waals surface area (Å²) < 4.78 is 25.9. The second-order valence-corrected chi connectivity index (χ2v) is 8.68. The van der Waals surface area contributed by atoms with Gasteiger partial charge < -0.3 is 9.15 Å². The number of rotatable bonds is 17. The summed E-state index contributed by atoms with van der Waals surface area (Å²) >= 11 is 0. The molecule has 0 aliphatic rings. The van der Waals surface area contributed by atoms with Crippen molar-refractivity contribution >= 4 is 10.8 Å². The van der Waals surface area contributed by atoms with E-state index in [1.165, 1.54) is 64.2 Å². The molecule has 2 rings (SSSR count). The average molecular weight is 433 g/mol. The van der Waals surface area contributed by atoms with Crippen LogP contribution in [0, 0.1) is 5.82 Å². The number of aryl methyl sites for hydroxylation is 1. The lowest BCUT2D eigenvalue weighted by Crippen LogP contribution is -2.07. The third kappa shape index (κ3) is 9.04. The van der Waals surface area contributed by atoms with Gasteiger partial charge in [0.2, 0.25) is 0 Å². The Morgan fingerprint density at radius 3 is 2.03 bits per heavy atom. The maximum Gasteiger partial charge on any atom is 0.346 e. The molecule has 0 amide bonds. The van der Waals surface area contributed by atoms with Gasteiger partial charge in [-0.15, -0.1) is 0 Å². The van der Waals surface area contributed by atoms with Gasteiger partial charge in [-0.25, -0.2) is 9.18 Å². The van der Waals surface area contributed by atoms with E-state index in [1.54, 1.807) is 18.2 Å². The van der Waals surface area contributed by atoms with Crippen LogP contribution in [0.25, 0.3) is 10.8 Å². The lowest BCUT2D eigenvalue weighted by Gasteiger charge is -2.09. The van der Waals surface area contributed by atoms with Gasteiger partial charge in [0.05, 0.1) is 6.61 Å². The van der Waals surface area contributed by atoms with Crippen molar-refractivity contribution in [2.24, 2.45) is 0 Å². The summed E-state index contributed by atoms with van der Waals surface area (Å²) in [5, 5.41) is 0.593. The molecule has 4 heteroatoms. The first-order valence-corrected chi connectivity index (χ1v) is 12.5. The van der Waals surface area contributed by atoms with Gasteiger partial charge in [0.1, 0.15) is 11.1 Å². The average Bonchev–Trinajstić information content (AvgIpc) is 2.76. The van der Waals surface area contributed by atoms with E-state index in [0.29, 0.717) is 17.8 Å². The zero-order chi connectivity index (χ0) is 22.3. The number of halogens is 1. The van der Waals surface area contributed by atoms with Gasteiger partial charge in [0, 0.05) is 6.42 Å². The SMILES string of the molecule is CCCCCCCCCOc1ccc2cc(CCCCCCCCC)oc(=O)c2c1F. The summed E-state index contributed by atoms with van der Waals surface area (Å²) in [4.78, 5) is 12.4. The van der Waals surface area contributed by atoms with Gasteiger partial charge in [-0.2, -0.15) is 0 Å². The maximum atomic E-state index is 14.8. The smallest absolute Gasteiger partial charge is 0.346 e. The van der Waals surface area contributed by atoms with Crippen LogP contribution in [0.2, 0.25) is 0 Å². The van der Waals surface area contributed by atoms with Gasteiger partial charge in [0.15, 0.2) is 11.6 Å². The first-order chi connectivity index (χ1) is 15.2. The van der Waals surface area contributed by atoms with Crippen LogP contribution in [0.1, 0.15) is 109 Å². The Morgan fingerprint density at radius 2 is 1.39 bits per heavy atom. The van der Waals surface area contributed by atoms with Crippen LogP contribution in [0.4, 0.5) is 4.39 Å². The number of hydrogen-bond donors (Lipinski definition) is 0. The molecule has 0 bridgehead atoms. The van der Waals surface area contributed by atoms with Crippen LogP contribution < -0.4 is 10.4 Å². The second kappa shape index (κ2) is 15.0. The number of hydrogen-bond acceptors (Lipinski definition) is 3. The van der Waals surface area contributed by atoms with Crippen LogP contribution >= 0.6 is 0 Å². The van der Waals surface area contributed by atoms with Crippen LogP contribution in [0.3, 0.4) is 0 Å². The van der Waals surface area contributed by atoms with Crippen molar-refractivity contribution in [1.82, 2.24) is 0 Å². The van der Waals surface area contributed by atoms with E-state index in [2.05, 4.69) is 13.8 Å². The van der Waals surface area contributed by atoms with Crippen molar-refractivity contribution in [3.05, 3.63) is 40.2 Å². The van der Waals surface area contributed by atoms with Gasteiger partial charge in [-0.1, -0.05) is 97.0 Å². The van der Waals surface area contributed by atoms with Crippen molar-refractivity contribution in [2.75, 3.05) is 6.61 Å². The number of unbranched alkanes of at least 4 members (excludes halogenated alkanes) is 12. The van der Waals surface area contributed by atoms with Crippen molar-refractivity contribution < 1.29 is 13.5 Å². The Kier molecular flexibility index (Phi) is 12.3. The summed E-state index contributed by atoms with van der Waals surface area (Å²) in [6.07, 6.45) is 17.4. The monoisotopic (exact) mass is 432 g/mol. The van der Waals surface area contributed by atoms with E-state index < -0.39 is 11.4 Å². The molecule has 0 N–H and O–H groups in total. The molecule has 1 aromatic carbocycles. The van der Waals surface area contributed by atoms with Crippen molar-refractivity contribution in [3.63, 3.8) is 0 Å². The minimum atomic E-state index is -0.602. The highest BCUT2D eigenvalue weighted by atomic mass is 19.1. The van der Waals surface area contributed by atoms with E-state index in [-0.39, 0.29) is 11.1 Å². The molecule has 0 fully saturated rings. The highest BCUT2D eigenvalue weighted by Crippen LogP contribution is 2.25. The molecule has 31 heavy (non-hydrogen) atoms. The Labute approximate surface area is 187 Å².